The Bertz CT molecular complexity index is 641. The third kappa shape index (κ3) is 2.59. The van der Waals surface area contributed by atoms with Gasteiger partial charge in [0.25, 0.3) is 5.79 Å². The van der Waals surface area contributed by atoms with Gasteiger partial charge >= 0.3 is 0 Å². The fourth-order valence-electron chi connectivity index (χ4n) is 1.84. The smallest absolute Gasteiger partial charge is 0.263 e. The van der Waals surface area contributed by atoms with Gasteiger partial charge in [-0.05, 0) is 24.3 Å². The first kappa shape index (κ1) is 15.0. The summed E-state index contributed by atoms with van der Waals surface area (Å²) in [5.41, 5.74) is -2.10. The largest absolute Gasteiger partial charge is 0.504 e. The number of rotatable bonds is 3. The molecule has 5 N–H and O–H groups in total. The molecular weight excluding hydrogens is 276 g/mol. The number of aliphatic hydroxyl groups excluding tert-OH is 2. The molecule has 1 aliphatic rings. The van der Waals surface area contributed by atoms with E-state index in [1.54, 1.807) is 30.3 Å². The molecule has 6 nitrogen and oxygen atoms in total. The van der Waals surface area contributed by atoms with Crippen molar-refractivity contribution in [3.8, 4) is 0 Å². The first-order valence-corrected chi connectivity index (χ1v) is 6.05. The average molecular weight is 290 g/mol. The molecule has 1 aliphatic carbocycles. The fraction of sp³-hybridized carbons (Fsp3) is 0.133. The molecule has 1 unspecified atom stereocenters. The van der Waals surface area contributed by atoms with Gasteiger partial charge in [-0.2, -0.15) is 0 Å². The Kier molecular flexibility index (Phi) is 3.69. The molecule has 0 saturated heterocycles. The first-order valence-electron chi connectivity index (χ1n) is 6.05. The molecule has 2 rings (SSSR count). The van der Waals surface area contributed by atoms with Crippen molar-refractivity contribution in [3.63, 3.8) is 0 Å². The van der Waals surface area contributed by atoms with Crippen LogP contribution in [0.15, 0.2) is 66.2 Å². The number of allylic oxidation sites excluding steroid dienone is 2. The minimum atomic E-state index is -3.14. The van der Waals surface area contributed by atoms with E-state index in [0.717, 1.165) is 24.3 Å². The van der Waals surface area contributed by atoms with Crippen LogP contribution in [-0.2, 0) is 0 Å². The van der Waals surface area contributed by atoms with Gasteiger partial charge in [-0.15, -0.1) is 0 Å². The maximum absolute atomic E-state index is 11.9. The van der Waals surface area contributed by atoms with Crippen LogP contribution in [0.4, 0.5) is 0 Å². The fourth-order valence-corrected chi connectivity index (χ4v) is 1.84. The Morgan fingerprint density at radius 2 is 1.67 bits per heavy atom. The lowest BCUT2D eigenvalue weighted by Crippen LogP contribution is -2.55. The molecule has 0 bridgehead atoms. The summed E-state index contributed by atoms with van der Waals surface area (Å²) in [6.45, 7) is 0. The molecule has 21 heavy (non-hydrogen) atoms. The summed E-state index contributed by atoms with van der Waals surface area (Å²) in [5.74, 6) is -5.59. The predicted octanol–water partition coefficient (Wildman–Crippen LogP) is 0.735. The van der Waals surface area contributed by atoms with E-state index in [1.165, 1.54) is 0 Å². The third-order valence-electron chi connectivity index (χ3n) is 3.17. The van der Waals surface area contributed by atoms with Gasteiger partial charge in [0.1, 0.15) is 0 Å². The van der Waals surface area contributed by atoms with E-state index in [4.69, 9.17) is 0 Å². The molecule has 110 valence electrons. The Morgan fingerprint density at radius 1 is 1.05 bits per heavy atom. The van der Waals surface area contributed by atoms with E-state index in [-0.39, 0.29) is 0 Å². The summed E-state index contributed by atoms with van der Waals surface area (Å²) in [7, 11) is 0. The van der Waals surface area contributed by atoms with E-state index < -0.39 is 28.7 Å². The Balaban J connectivity index is 2.29. The number of hydrogen-bond donors (Lipinski definition) is 5. The minimum absolute atomic E-state index is 0.348. The minimum Gasteiger partial charge on any atom is -0.504 e. The van der Waals surface area contributed by atoms with Crippen molar-refractivity contribution < 1.29 is 30.3 Å². The quantitative estimate of drug-likeness (QED) is 0.318. The summed E-state index contributed by atoms with van der Waals surface area (Å²) >= 11 is 0. The van der Waals surface area contributed by atoms with Gasteiger partial charge in [0.2, 0.25) is 0 Å². The predicted molar refractivity (Wildman–Crippen MR) is 73.5 cm³/mol. The van der Waals surface area contributed by atoms with E-state index >= 15 is 0 Å². The molecule has 0 amide bonds. The van der Waals surface area contributed by atoms with Crippen molar-refractivity contribution in [1.29, 1.82) is 0 Å². The highest BCUT2D eigenvalue weighted by molar-refractivity contribution is 6.04. The van der Waals surface area contributed by atoms with E-state index in [1.807, 2.05) is 0 Å². The van der Waals surface area contributed by atoms with E-state index in [2.05, 4.69) is 0 Å². The van der Waals surface area contributed by atoms with Crippen LogP contribution in [0.5, 0.6) is 0 Å². The molecule has 0 heterocycles. The Hall–Kier alpha value is -2.41. The summed E-state index contributed by atoms with van der Waals surface area (Å²) in [5, 5.41) is 48.3. The highest BCUT2D eigenvalue weighted by atomic mass is 16.5. The van der Waals surface area contributed by atoms with Crippen LogP contribution in [0.3, 0.4) is 0 Å². The summed E-state index contributed by atoms with van der Waals surface area (Å²) < 4.78 is 0. The summed E-state index contributed by atoms with van der Waals surface area (Å²) in [6.07, 6.45) is 3.55. The number of hydrogen-bond acceptors (Lipinski definition) is 6. The van der Waals surface area contributed by atoms with Crippen LogP contribution >= 0.6 is 0 Å². The van der Waals surface area contributed by atoms with Crippen LogP contribution in [0.1, 0.15) is 10.4 Å². The van der Waals surface area contributed by atoms with Gasteiger partial charge in [-0.1, -0.05) is 30.3 Å². The second-order valence-corrected chi connectivity index (χ2v) is 4.63. The van der Waals surface area contributed by atoms with Gasteiger partial charge in [-0.25, -0.2) is 0 Å². The number of benzene rings is 1. The van der Waals surface area contributed by atoms with Crippen molar-refractivity contribution in [1.82, 2.24) is 0 Å². The van der Waals surface area contributed by atoms with Crippen molar-refractivity contribution in [2.24, 2.45) is 0 Å². The molecular formula is C15H14O6. The lowest BCUT2D eigenvalue weighted by atomic mass is 9.86. The molecule has 1 atom stereocenters. The average Bonchev–Trinajstić information content (AvgIpc) is 2.48. The number of carbonyl (C=O) groups excluding carboxylic acids is 1. The molecule has 0 aromatic heterocycles. The van der Waals surface area contributed by atoms with Crippen LogP contribution in [0.2, 0.25) is 0 Å². The zero-order valence-corrected chi connectivity index (χ0v) is 10.8. The van der Waals surface area contributed by atoms with Gasteiger partial charge < -0.3 is 25.5 Å². The molecule has 0 fully saturated rings. The van der Waals surface area contributed by atoms with Gasteiger partial charge in [0, 0.05) is 5.56 Å². The first-order chi connectivity index (χ1) is 9.78. The molecule has 0 spiro atoms. The Morgan fingerprint density at radius 3 is 2.29 bits per heavy atom. The van der Waals surface area contributed by atoms with Crippen LogP contribution < -0.4 is 0 Å². The molecule has 0 aliphatic heterocycles. The number of ketones is 1. The molecule has 6 heteroatoms. The number of aliphatic hydroxyl groups is 5. The molecule has 0 saturated carbocycles. The van der Waals surface area contributed by atoms with E-state index in [9.17, 15) is 30.3 Å². The van der Waals surface area contributed by atoms with E-state index in [0.29, 0.717) is 5.56 Å². The Labute approximate surface area is 120 Å². The van der Waals surface area contributed by atoms with Crippen LogP contribution in [0, 0.1) is 0 Å². The molecule has 1 aromatic rings. The zero-order valence-electron chi connectivity index (χ0n) is 10.8. The summed E-state index contributed by atoms with van der Waals surface area (Å²) in [6, 6.07) is 8.16. The second kappa shape index (κ2) is 5.17. The lowest BCUT2D eigenvalue weighted by Gasteiger charge is -2.36. The standard InChI is InChI=1S/C15H14O6/c16-11(10-4-2-1-3-5-10)6-8-14(19)9-7-12(17)13(18)15(14,20)21/h1-9,17-21H. The zero-order chi connectivity index (χ0) is 15.7. The maximum atomic E-state index is 11.9. The van der Waals surface area contributed by atoms with Crippen molar-refractivity contribution in [2.75, 3.05) is 0 Å². The highest BCUT2D eigenvalue weighted by Crippen LogP contribution is 2.34. The van der Waals surface area contributed by atoms with Crippen LogP contribution in [-0.4, -0.2) is 42.7 Å². The number of carbonyl (C=O) groups is 1. The lowest BCUT2D eigenvalue weighted by molar-refractivity contribution is -0.233. The molecule has 1 aromatic carbocycles. The van der Waals surface area contributed by atoms with Gasteiger partial charge in [-0.3, -0.25) is 4.79 Å². The highest BCUT2D eigenvalue weighted by Gasteiger charge is 2.52. The van der Waals surface area contributed by atoms with Crippen molar-refractivity contribution in [3.05, 3.63) is 71.7 Å². The normalized spacial score (nSPS) is 24.5. The van der Waals surface area contributed by atoms with Crippen LogP contribution in [0.25, 0.3) is 0 Å². The van der Waals surface area contributed by atoms with Gasteiger partial charge in [0.05, 0.1) is 0 Å². The topological polar surface area (TPSA) is 118 Å². The van der Waals surface area contributed by atoms with Crippen molar-refractivity contribution >= 4 is 5.78 Å². The maximum Gasteiger partial charge on any atom is 0.263 e. The molecule has 0 radical (unpaired) electrons. The summed E-state index contributed by atoms with van der Waals surface area (Å²) in [4.78, 5) is 11.9. The third-order valence-corrected chi connectivity index (χ3v) is 3.17. The monoisotopic (exact) mass is 290 g/mol. The SMILES string of the molecule is O=C(C=CC1(O)C=CC(O)=C(O)C1(O)O)c1ccccc1. The van der Waals surface area contributed by atoms with Gasteiger partial charge in [0.15, 0.2) is 22.9 Å². The van der Waals surface area contributed by atoms with Crippen molar-refractivity contribution in [2.45, 2.75) is 11.4 Å². The second-order valence-electron chi connectivity index (χ2n) is 4.63.